The highest BCUT2D eigenvalue weighted by molar-refractivity contribution is 5.76. The molecule has 0 aliphatic carbocycles. The predicted octanol–water partition coefficient (Wildman–Crippen LogP) is 3.58. The van der Waals surface area contributed by atoms with Crippen molar-refractivity contribution in [3.05, 3.63) is 71.0 Å². The van der Waals surface area contributed by atoms with Crippen LogP contribution >= 0.6 is 0 Å². The second-order valence-corrected chi connectivity index (χ2v) is 8.53. The molecule has 28 heavy (non-hydrogen) atoms. The molecule has 1 N–H and O–H groups in total. The summed E-state index contributed by atoms with van der Waals surface area (Å²) in [6.45, 7) is 4.84. The van der Waals surface area contributed by atoms with Crippen molar-refractivity contribution in [3.8, 4) is 0 Å². The maximum absolute atomic E-state index is 13.5. The highest BCUT2D eigenvalue weighted by atomic mass is 19.1. The SMILES string of the molecule is O=C(NCC12CCN(CC1)C2)N1CCc2ccccc2C1c1ccc(F)cc1. The molecule has 0 saturated carbocycles. The Kier molecular flexibility index (Phi) is 4.35. The van der Waals surface area contributed by atoms with E-state index in [1.807, 2.05) is 17.0 Å². The topological polar surface area (TPSA) is 35.6 Å². The normalized spacial score (nSPS) is 28.2. The third kappa shape index (κ3) is 3.08. The van der Waals surface area contributed by atoms with Crippen LogP contribution in [0, 0.1) is 11.2 Å². The molecule has 3 heterocycles. The van der Waals surface area contributed by atoms with E-state index in [2.05, 4.69) is 22.3 Å². The standard InChI is InChI=1S/C23H26FN3O/c24-19-7-5-18(6-8-19)21-20-4-2-1-3-17(20)9-12-27(21)22(28)25-15-23-10-13-26(16-23)14-11-23/h1-8,21H,9-16H2,(H,25,28). The zero-order valence-corrected chi connectivity index (χ0v) is 16.0. The average molecular weight is 379 g/mol. The fourth-order valence-electron chi connectivity index (χ4n) is 5.21. The van der Waals surface area contributed by atoms with Crippen LogP contribution in [0.2, 0.25) is 0 Å². The first kappa shape index (κ1) is 17.7. The summed E-state index contributed by atoms with van der Waals surface area (Å²) in [5.41, 5.74) is 3.62. The molecule has 2 aromatic carbocycles. The van der Waals surface area contributed by atoms with Crippen molar-refractivity contribution in [2.24, 2.45) is 5.41 Å². The summed E-state index contributed by atoms with van der Waals surface area (Å²) in [5.74, 6) is -0.255. The molecular weight excluding hydrogens is 353 g/mol. The smallest absolute Gasteiger partial charge is 0.318 e. The Bertz CT molecular complexity index is 874. The molecule has 3 aliphatic heterocycles. The lowest BCUT2D eigenvalue weighted by atomic mass is 9.84. The number of nitrogens with zero attached hydrogens (tertiary/aromatic N) is 2. The van der Waals surface area contributed by atoms with Gasteiger partial charge in [0.05, 0.1) is 6.04 Å². The van der Waals surface area contributed by atoms with E-state index in [0.717, 1.165) is 43.7 Å². The van der Waals surface area contributed by atoms with Gasteiger partial charge in [0.25, 0.3) is 0 Å². The molecule has 2 saturated heterocycles. The van der Waals surface area contributed by atoms with E-state index in [4.69, 9.17) is 0 Å². The predicted molar refractivity (Wildman–Crippen MR) is 107 cm³/mol. The van der Waals surface area contributed by atoms with Crippen molar-refractivity contribution >= 4 is 6.03 Å². The van der Waals surface area contributed by atoms with E-state index in [0.29, 0.717) is 6.54 Å². The summed E-state index contributed by atoms with van der Waals surface area (Å²) < 4.78 is 13.5. The van der Waals surface area contributed by atoms with Crippen molar-refractivity contribution < 1.29 is 9.18 Å². The Balaban J connectivity index is 1.40. The number of nitrogens with one attached hydrogen (secondary N) is 1. The summed E-state index contributed by atoms with van der Waals surface area (Å²) in [4.78, 5) is 17.6. The molecule has 0 aromatic heterocycles. The van der Waals surface area contributed by atoms with Gasteiger partial charge in [-0.3, -0.25) is 0 Å². The quantitative estimate of drug-likeness (QED) is 0.885. The molecule has 4 nitrogen and oxygen atoms in total. The third-order valence-corrected chi connectivity index (χ3v) is 6.82. The number of carbonyl (C=O) groups is 1. The van der Waals surface area contributed by atoms with Gasteiger partial charge in [0, 0.05) is 25.0 Å². The number of urea groups is 1. The molecule has 2 aromatic rings. The van der Waals surface area contributed by atoms with Gasteiger partial charge < -0.3 is 15.1 Å². The largest absolute Gasteiger partial charge is 0.337 e. The lowest BCUT2D eigenvalue weighted by molar-refractivity contribution is 0.173. The van der Waals surface area contributed by atoms with Crippen molar-refractivity contribution in [1.82, 2.24) is 15.1 Å². The van der Waals surface area contributed by atoms with Crippen LogP contribution in [0.4, 0.5) is 9.18 Å². The van der Waals surface area contributed by atoms with E-state index in [-0.39, 0.29) is 23.3 Å². The van der Waals surface area contributed by atoms with Crippen LogP contribution < -0.4 is 5.32 Å². The van der Waals surface area contributed by atoms with E-state index >= 15 is 0 Å². The summed E-state index contributed by atoms with van der Waals surface area (Å²) in [7, 11) is 0. The second kappa shape index (κ2) is 6.89. The summed E-state index contributed by atoms with van der Waals surface area (Å²) in [6, 6.07) is 14.7. The van der Waals surface area contributed by atoms with Crippen LogP contribution in [0.1, 0.15) is 35.6 Å². The monoisotopic (exact) mass is 379 g/mol. The highest BCUT2D eigenvalue weighted by Gasteiger charge is 2.44. The number of fused-ring (bicyclic) bond motifs is 3. The van der Waals surface area contributed by atoms with Crippen molar-refractivity contribution in [2.75, 3.05) is 32.7 Å². The molecule has 146 valence electrons. The molecule has 3 aliphatic rings. The van der Waals surface area contributed by atoms with Crippen LogP contribution in [0.5, 0.6) is 0 Å². The number of halogens is 1. The van der Waals surface area contributed by atoms with Crippen molar-refractivity contribution in [2.45, 2.75) is 25.3 Å². The second-order valence-electron chi connectivity index (χ2n) is 8.53. The van der Waals surface area contributed by atoms with E-state index < -0.39 is 0 Å². The van der Waals surface area contributed by atoms with Crippen molar-refractivity contribution in [3.63, 3.8) is 0 Å². The summed E-state index contributed by atoms with van der Waals surface area (Å²) >= 11 is 0. The van der Waals surface area contributed by atoms with Gasteiger partial charge in [-0.1, -0.05) is 36.4 Å². The zero-order valence-electron chi connectivity index (χ0n) is 16.0. The Morgan fingerprint density at radius 3 is 2.54 bits per heavy atom. The van der Waals surface area contributed by atoms with Gasteiger partial charge in [-0.2, -0.15) is 0 Å². The van der Waals surface area contributed by atoms with Gasteiger partial charge >= 0.3 is 6.03 Å². The lowest BCUT2D eigenvalue weighted by Crippen LogP contribution is -2.48. The number of hydrogen-bond acceptors (Lipinski definition) is 2. The minimum atomic E-state index is -0.255. The molecular formula is C23H26FN3O. The molecule has 2 bridgehead atoms. The van der Waals surface area contributed by atoms with Crippen LogP contribution in [-0.4, -0.2) is 48.6 Å². The number of amides is 2. The Hall–Kier alpha value is -2.40. The van der Waals surface area contributed by atoms with Crippen LogP contribution in [0.25, 0.3) is 0 Å². The van der Waals surface area contributed by atoms with E-state index in [9.17, 15) is 9.18 Å². The summed E-state index contributed by atoms with van der Waals surface area (Å²) in [5, 5.41) is 3.24. The zero-order chi connectivity index (χ0) is 19.1. The van der Waals surface area contributed by atoms with E-state index in [1.165, 1.54) is 30.5 Å². The summed E-state index contributed by atoms with van der Waals surface area (Å²) in [6.07, 6.45) is 3.20. The fourth-order valence-corrected chi connectivity index (χ4v) is 5.21. The van der Waals surface area contributed by atoms with Gasteiger partial charge in [0.15, 0.2) is 0 Å². The van der Waals surface area contributed by atoms with Gasteiger partial charge in [0.2, 0.25) is 0 Å². The average Bonchev–Trinajstić information content (AvgIpc) is 3.33. The molecule has 1 atom stereocenters. The molecule has 2 fully saturated rings. The first-order chi connectivity index (χ1) is 13.6. The Morgan fingerprint density at radius 2 is 1.82 bits per heavy atom. The minimum absolute atomic E-state index is 0.0106. The third-order valence-electron chi connectivity index (χ3n) is 6.82. The number of rotatable bonds is 3. The Labute approximate surface area is 165 Å². The molecule has 0 radical (unpaired) electrons. The van der Waals surface area contributed by atoms with E-state index in [1.54, 1.807) is 12.1 Å². The van der Waals surface area contributed by atoms with Gasteiger partial charge in [0.1, 0.15) is 5.82 Å². The number of piperidine rings is 1. The van der Waals surface area contributed by atoms with Crippen LogP contribution in [-0.2, 0) is 6.42 Å². The number of benzene rings is 2. The van der Waals surface area contributed by atoms with Crippen molar-refractivity contribution in [1.29, 1.82) is 0 Å². The maximum Gasteiger partial charge on any atom is 0.318 e. The number of hydrogen-bond donors (Lipinski definition) is 1. The van der Waals surface area contributed by atoms with Crippen LogP contribution in [0.3, 0.4) is 0 Å². The van der Waals surface area contributed by atoms with Gasteiger partial charge in [-0.25, -0.2) is 9.18 Å². The van der Waals surface area contributed by atoms with Crippen LogP contribution in [0.15, 0.2) is 48.5 Å². The first-order valence-corrected chi connectivity index (χ1v) is 10.2. The Morgan fingerprint density at radius 1 is 1.07 bits per heavy atom. The highest BCUT2D eigenvalue weighted by Crippen LogP contribution is 2.40. The molecule has 1 unspecified atom stereocenters. The first-order valence-electron chi connectivity index (χ1n) is 10.2. The maximum atomic E-state index is 13.5. The molecule has 0 spiro atoms. The number of carbonyl (C=O) groups excluding carboxylic acids is 1. The fraction of sp³-hybridized carbons (Fsp3) is 0.435. The molecule has 5 rings (SSSR count). The lowest BCUT2D eigenvalue weighted by Gasteiger charge is -2.38. The van der Waals surface area contributed by atoms with Gasteiger partial charge in [-0.05, 0) is 61.2 Å². The molecule has 2 amide bonds. The minimum Gasteiger partial charge on any atom is -0.337 e. The molecule has 5 heteroatoms. The van der Waals surface area contributed by atoms with Gasteiger partial charge in [-0.15, -0.1) is 0 Å².